The van der Waals surface area contributed by atoms with Crippen LogP contribution in [0.1, 0.15) is 38.4 Å². The number of carbonyl (C=O) groups is 2. The molecule has 26 heavy (non-hydrogen) atoms. The maximum atomic E-state index is 13.0. The van der Waals surface area contributed by atoms with Crippen molar-refractivity contribution in [2.24, 2.45) is 5.92 Å². The Bertz CT molecular complexity index is 834. The number of thiophene rings is 1. The van der Waals surface area contributed by atoms with E-state index in [0.29, 0.717) is 12.5 Å². The molecule has 2 bridgehead atoms. The van der Waals surface area contributed by atoms with Gasteiger partial charge in [-0.25, -0.2) is 0 Å². The smallest absolute Gasteiger partial charge is 0.261 e. The van der Waals surface area contributed by atoms with Gasteiger partial charge in [0.25, 0.3) is 11.8 Å². The van der Waals surface area contributed by atoms with E-state index < -0.39 is 0 Å². The summed E-state index contributed by atoms with van der Waals surface area (Å²) >= 11 is 1.45. The van der Waals surface area contributed by atoms with Crippen molar-refractivity contribution in [3.63, 3.8) is 0 Å². The summed E-state index contributed by atoms with van der Waals surface area (Å²) in [4.78, 5) is 28.0. The number of hydrogen-bond donors (Lipinski definition) is 1. The number of nitrogens with one attached hydrogen (secondary N) is 1. The van der Waals surface area contributed by atoms with Crippen molar-refractivity contribution in [1.82, 2.24) is 10.2 Å². The summed E-state index contributed by atoms with van der Waals surface area (Å²) in [7, 11) is 1.63. The van der Waals surface area contributed by atoms with Gasteiger partial charge in [0.15, 0.2) is 0 Å². The van der Waals surface area contributed by atoms with Gasteiger partial charge in [-0.2, -0.15) is 0 Å². The van der Waals surface area contributed by atoms with Crippen LogP contribution in [-0.4, -0.2) is 42.5 Å². The van der Waals surface area contributed by atoms with Crippen LogP contribution in [-0.2, 0) is 0 Å². The fraction of sp³-hybridized carbons (Fsp3) is 0.400. The normalized spacial score (nSPS) is 23.9. The molecule has 6 heteroatoms. The van der Waals surface area contributed by atoms with Gasteiger partial charge in [0, 0.05) is 24.2 Å². The standard InChI is InChI=1S/C20H22N2O3S/c1-12-8-15(25-2)5-6-16(12)20(24)22-11-13-9-14(22)10-17(13)21-19(23)18-4-3-7-26-18/h3-8,13-14,17H,9-11H2,1-2H3,(H,21,23). The van der Waals surface area contributed by atoms with Crippen molar-refractivity contribution < 1.29 is 14.3 Å². The van der Waals surface area contributed by atoms with Crippen molar-refractivity contribution in [2.45, 2.75) is 31.8 Å². The van der Waals surface area contributed by atoms with Crippen LogP contribution >= 0.6 is 11.3 Å². The number of methoxy groups -OCH3 is 1. The summed E-state index contributed by atoms with van der Waals surface area (Å²) in [5.41, 5.74) is 1.66. The summed E-state index contributed by atoms with van der Waals surface area (Å²) in [5, 5.41) is 5.07. The Kier molecular flexibility index (Phi) is 4.44. The highest BCUT2D eigenvalue weighted by atomic mass is 32.1. The van der Waals surface area contributed by atoms with E-state index in [1.807, 2.05) is 47.5 Å². The van der Waals surface area contributed by atoms with Crippen molar-refractivity contribution in [3.8, 4) is 5.75 Å². The van der Waals surface area contributed by atoms with Crippen LogP contribution in [0.15, 0.2) is 35.7 Å². The number of nitrogens with zero attached hydrogens (tertiary/aromatic N) is 1. The summed E-state index contributed by atoms with van der Waals surface area (Å²) in [6.45, 7) is 2.65. The molecule has 1 aliphatic heterocycles. The Morgan fingerprint density at radius 3 is 2.73 bits per heavy atom. The van der Waals surface area contributed by atoms with Crippen LogP contribution in [0.25, 0.3) is 0 Å². The molecule has 2 aromatic rings. The zero-order valence-corrected chi connectivity index (χ0v) is 15.7. The lowest BCUT2D eigenvalue weighted by atomic mass is 10.0. The Labute approximate surface area is 157 Å². The van der Waals surface area contributed by atoms with E-state index >= 15 is 0 Å². The van der Waals surface area contributed by atoms with Crippen LogP contribution < -0.4 is 10.1 Å². The van der Waals surface area contributed by atoms with Gasteiger partial charge in [-0.1, -0.05) is 6.07 Å². The number of likely N-dealkylation sites (tertiary alicyclic amines) is 1. The van der Waals surface area contributed by atoms with Crippen LogP contribution in [0.4, 0.5) is 0 Å². The molecule has 3 unspecified atom stereocenters. The first-order valence-electron chi connectivity index (χ1n) is 8.87. The van der Waals surface area contributed by atoms with Gasteiger partial charge in [0.1, 0.15) is 5.75 Å². The molecule has 1 saturated heterocycles. The van der Waals surface area contributed by atoms with Crippen molar-refractivity contribution >= 4 is 23.2 Å². The Hall–Kier alpha value is -2.34. The average Bonchev–Trinajstić information content (AvgIpc) is 3.37. The number of ether oxygens (including phenoxy) is 1. The van der Waals surface area contributed by atoms with Crippen LogP contribution in [0, 0.1) is 12.8 Å². The van der Waals surface area contributed by atoms with Gasteiger partial charge in [-0.3, -0.25) is 9.59 Å². The van der Waals surface area contributed by atoms with Crippen LogP contribution in [0.2, 0.25) is 0 Å². The second kappa shape index (κ2) is 6.76. The highest BCUT2D eigenvalue weighted by molar-refractivity contribution is 7.12. The highest BCUT2D eigenvalue weighted by Gasteiger charge is 2.47. The Morgan fingerprint density at radius 2 is 2.12 bits per heavy atom. The number of amides is 2. The summed E-state index contributed by atoms with van der Waals surface area (Å²) in [5.74, 6) is 1.19. The predicted octanol–water partition coefficient (Wildman–Crippen LogP) is 3.10. The van der Waals surface area contributed by atoms with Crippen LogP contribution in [0.5, 0.6) is 5.75 Å². The van der Waals surface area contributed by atoms with Crippen LogP contribution in [0.3, 0.4) is 0 Å². The lowest BCUT2D eigenvalue weighted by molar-refractivity contribution is 0.0679. The summed E-state index contributed by atoms with van der Waals surface area (Å²) in [6, 6.07) is 9.68. The molecule has 5 nitrogen and oxygen atoms in total. The number of piperidine rings is 1. The number of carbonyl (C=O) groups excluding carboxylic acids is 2. The molecule has 0 spiro atoms. The van der Waals surface area contributed by atoms with E-state index in [1.54, 1.807) is 7.11 Å². The first-order chi connectivity index (χ1) is 12.6. The fourth-order valence-electron chi connectivity index (χ4n) is 4.18. The number of aryl methyl sites for hydroxylation is 1. The monoisotopic (exact) mass is 370 g/mol. The molecule has 1 saturated carbocycles. The maximum Gasteiger partial charge on any atom is 0.261 e. The third kappa shape index (κ3) is 2.98. The molecular formula is C20H22N2O3S. The largest absolute Gasteiger partial charge is 0.497 e. The molecule has 3 atom stereocenters. The Balaban J connectivity index is 1.42. The molecule has 2 fully saturated rings. The average molecular weight is 370 g/mol. The van der Waals surface area contributed by atoms with E-state index in [0.717, 1.165) is 34.6 Å². The molecule has 136 valence electrons. The molecule has 2 amide bonds. The number of hydrogen-bond acceptors (Lipinski definition) is 4. The van der Waals surface area contributed by atoms with Gasteiger partial charge in [-0.05, 0) is 60.9 Å². The second-order valence-electron chi connectivity index (χ2n) is 7.08. The topological polar surface area (TPSA) is 58.6 Å². The highest BCUT2D eigenvalue weighted by Crippen LogP contribution is 2.39. The van der Waals surface area contributed by atoms with Crippen molar-refractivity contribution in [1.29, 1.82) is 0 Å². The molecule has 2 aliphatic rings. The SMILES string of the molecule is COc1ccc(C(=O)N2CC3CC2CC3NC(=O)c2cccs2)c(C)c1. The van der Waals surface area contributed by atoms with E-state index in [4.69, 9.17) is 4.74 Å². The maximum absolute atomic E-state index is 13.0. The zero-order valence-electron chi connectivity index (χ0n) is 14.9. The fourth-order valence-corrected chi connectivity index (χ4v) is 4.81. The minimum Gasteiger partial charge on any atom is -0.497 e. The van der Waals surface area contributed by atoms with Crippen molar-refractivity contribution in [2.75, 3.05) is 13.7 Å². The summed E-state index contributed by atoms with van der Waals surface area (Å²) < 4.78 is 5.22. The molecule has 1 N–H and O–H groups in total. The minimum absolute atomic E-state index is 0.00132. The molecule has 4 rings (SSSR count). The molecule has 2 heterocycles. The lowest BCUT2D eigenvalue weighted by Crippen LogP contribution is -2.47. The molecule has 1 aromatic heterocycles. The van der Waals surface area contributed by atoms with Crippen molar-refractivity contribution in [3.05, 3.63) is 51.7 Å². The van der Waals surface area contributed by atoms with E-state index in [2.05, 4.69) is 5.32 Å². The van der Waals surface area contributed by atoms with E-state index in [-0.39, 0.29) is 23.9 Å². The van der Waals surface area contributed by atoms with Gasteiger partial charge in [-0.15, -0.1) is 11.3 Å². The first kappa shape index (κ1) is 17.1. The quantitative estimate of drug-likeness (QED) is 0.900. The lowest BCUT2D eigenvalue weighted by Gasteiger charge is -2.32. The predicted molar refractivity (Wildman–Crippen MR) is 101 cm³/mol. The number of benzene rings is 1. The third-order valence-electron chi connectivity index (χ3n) is 5.53. The minimum atomic E-state index is 0.00132. The van der Waals surface area contributed by atoms with Gasteiger partial charge >= 0.3 is 0 Å². The number of fused-ring (bicyclic) bond motifs is 2. The molecule has 1 aliphatic carbocycles. The Morgan fingerprint density at radius 1 is 1.27 bits per heavy atom. The first-order valence-corrected chi connectivity index (χ1v) is 9.74. The van der Waals surface area contributed by atoms with Gasteiger partial charge in [0.2, 0.25) is 0 Å². The molecular weight excluding hydrogens is 348 g/mol. The molecule has 1 aromatic carbocycles. The van der Waals surface area contributed by atoms with E-state index in [1.165, 1.54) is 11.3 Å². The summed E-state index contributed by atoms with van der Waals surface area (Å²) in [6.07, 6.45) is 1.80. The number of rotatable bonds is 4. The van der Waals surface area contributed by atoms with E-state index in [9.17, 15) is 9.59 Å². The second-order valence-corrected chi connectivity index (χ2v) is 8.03. The van der Waals surface area contributed by atoms with Gasteiger partial charge < -0.3 is 15.0 Å². The molecule has 0 radical (unpaired) electrons. The zero-order chi connectivity index (χ0) is 18.3. The third-order valence-corrected chi connectivity index (χ3v) is 6.40. The van der Waals surface area contributed by atoms with Gasteiger partial charge in [0.05, 0.1) is 12.0 Å².